The zero-order valence-electron chi connectivity index (χ0n) is 14.2. The van der Waals surface area contributed by atoms with Crippen molar-refractivity contribution in [3.8, 4) is 11.1 Å². The van der Waals surface area contributed by atoms with Crippen LogP contribution in [-0.2, 0) is 16.8 Å². The Bertz CT molecular complexity index is 1070. The van der Waals surface area contributed by atoms with Crippen LogP contribution in [0.3, 0.4) is 0 Å². The zero-order valence-corrected chi connectivity index (χ0v) is 15.0. The molecule has 2 atom stereocenters. The number of H-pyrrole nitrogens is 1. The summed E-state index contributed by atoms with van der Waals surface area (Å²) < 4.78 is 21.8. The van der Waals surface area contributed by atoms with Crippen molar-refractivity contribution in [2.75, 3.05) is 0 Å². The maximum atomic E-state index is 10.9. The van der Waals surface area contributed by atoms with E-state index in [1.165, 1.54) is 0 Å². The SMILES string of the molecule is CC(c1ccc(CS(=O)O)cc1)n1cc(-c2ccnc3[nH]ccc23)cn1. The highest BCUT2D eigenvalue weighted by atomic mass is 32.2. The summed E-state index contributed by atoms with van der Waals surface area (Å²) in [5, 5.41) is 5.60. The van der Waals surface area contributed by atoms with Gasteiger partial charge in [0.2, 0.25) is 0 Å². The van der Waals surface area contributed by atoms with Gasteiger partial charge >= 0.3 is 0 Å². The smallest absolute Gasteiger partial charge is 0.157 e. The average Bonchev–Trinajstić information content (AvgIpc) is 3.30. The molecule has 0 aliphatic rings. The van der Waals surface area contributed by atoms with Crippen LogP contribution < -0.4 is 0 Å². The number of nitrogens with zero attached hydrogens (tertiary/aromatic N) is 3. The summed E-state index contributed by atoms with van der Waals surface area (Å²) in [5.74, 6) is 0.148. The minimum Gasteiger partial charge on any atom is -0.346 e. The van der Waals surface area contributed by atoms with Gasteiger partial charge < -0.3 is 9.54 Å². The molecular formula is C19H18N4O2S. The largest absolute Gasteiger partial charge is 0.346 e. The van der Waals surface area contributed by atoms with Crippen LogP contribution in [-0.4, -0.2) is 28.5 Å². The number of benzene rings is 1. The Balaban J connectivity index is 1.61. The van der Waals surface area contributed by atoms with Crippen molar-refractivity contribution in [2.45, 2.75) is 18.7 Å². The second-order valence-corrected chi connectivity index (χ2v) is 7.12. The molecule has 4 rings (SSSR count). The van der Waals surface area contributed by atoms with E-state index in [-0.39, 0.29) is 11.8 Å². The summed E-state index contributed by atoms with van der Waals surface area (Å²) >= 11 is -1.82. The van der Waals surface area contributed by atoms with E-state index in [9.17, 15) is 4.21 Å². The molecule has 0 saturated heterocycles. The van der Waals surface area contributed by atoms with Crippen LogP contribution >= 0.6 is 0 Å². The van der Waals surface area contributed by atoms with E-state index in [1.54, 1.807) is 6.20 Å². The Morgan fingerprint density at radius 3 is 2.81 bits per heavy atom. The number of pyridine rings is 1. The van der Waals surface area contributed by atoms with Gasteiger partial charge in [0.25, 0.3) is 0 Å². The lowest BCUT2D eigenvalue weighted by Crippen LogP contribution is -2.07. The van der Waals surface area contributed by atoms with Crippen molar-refractivity contribution in [3.63, 3.8) is 0 Å². The molecular weight excluding hydrogens is 348 g/mol. The first-order valence-corrected chi connectivity index (χ1v) is 9.52. The van der Waals surface area contributed by atoms with Gasteiger partial charge in [-0.2, -0.15) is 5.10 Å². The van der Waals surface area contributed by atoms with Crippen molar-refractivity contribution in [2.24, 2.45) is 0 Å². The molecule has 2 N–H and O–H groups in total. The van der Waals surface area contributed by atoms with E-state index < -0.39 is 11.1 Å². The molecule has 3 heterocycles. The number of fused-ring (bicyclic) bond motifs is 1. The highest BCUT2D eigenvalue weighted by Gasteiger charge is 2.12. The quantitative estimate of drug-likeness (QED) is 0.527. The average molecular weight is 366 g/mol. The first-order chi connectivity index (χ1) is 12.6. The first kappa shape index (κ1) is 16.7. The van der Waals surface area contributed by atoms with Crippen molar-refractivity contribution in [3.05, 3.63) is 72.3 Å². The molecule has 0 saturated carbocycles. The van der Waals surface area contributed by atoms with Gasteiger partial charge in [-0.3, -0.25) is 4.68 Å². The highest BCUT2D eigenvalue weighted by Crippen LogP contribution is 2.28. The van der Waals surface area contributed by atoms with Gasteiger partial charge in [-0.25, -0.2) is 9.19 Å². The Labute approximate surface area is 153 Å². The third-order valence-corrected chi connectivity index (χ3v) is 5.10. The number of aromatic nitrogens is 4. The van der Waals surface area contributed by atoms with Gasteiger partial charge in [0, 0.05) is 29.5 Å². The fourth-order valence-corrected chi connectivity index (χ4v) is 3.57. The van der Waals surface area contributed by atoms with Gasteiger partial charge in [-0.1, -0.05) is 24.3 Å². The number of hydrogen-bond acceptors (Lipinski definition) is 3. The van der Waals surface area contributed by atoms with Crippen molar-refractivity contribution < 1.29 is 8.76 Å². The predicted molar refractivity (Wildman–Crippen MR) is 102 cm³/mol. The Hall–Kier alpha value is -2.77. The second kappa shape index (κ2) is 6.86. The summed E-state index contributed by atoms with van der Waals surface area (Å²) in [6.45, 7) is 2.08. The summed E-state index contributed by atoms with van der Waals surface area (Å²) in [5.41, 5.74) is 4.93. The molecule has 0 aliphatic carbocycles. The normalized spacial score (nSPS) is 13.8. The third kappa shape index (κ3) is 3.18. The molecule has 7 heteroatoms. The van der Waals surface area contributed by atoms with Gasteiger partial charge in [-0.15, -0.1) is 0 Å². The van der Waals surface area contributed by atoms with E-state index in [4.69, 9.17) is 4.55 Å². The lowest BCUT2D eigenvalue weighted by Gasteiger charge is -2.13. The van der Waals surface area contributed by atoms with Gasteiger partial charge in [0.15, 0.2) is 11.1 Å². The molecule has 3 aromatic heterocycles. The third-order valence-electron chi connectivity index (χ3n) is 4.52. The molecule has 6 nitrogen and oxygen atoms in total. The predicted octanol–water partition coefficient (Wildman–Crippen LogP) is 3.76. The lowest BCUT2D eigenvalue weighted by molar-refractivity contribution is 0.562. The molecule has 1 aromatic carbocycles. The highest BCUT2D eigenvalue weighted by molar-refractivity contribution is 7.78. The van der Waals surface area contributed by atoms with E-state index in [1.807, 2.05) is 59.7 Å². The number of aromatic amines is 1. The number of nitrogens with one attached hydrogen (secondary N) is 1. The molecule has 0 amide bonds. The van der Waals surface area contributed by atoms with Crippen LogP contribution in [0.4, 0.5) is 0 Å². The van der Waals surface area contributed by atoms with Gasteiger partial charge in [-0.05, 0) is 35.7 Å². The van der Waals surface area contributed by atoms with Crippen LogP contribution in [0, 0.1) is 0 Å². The topological polar surface area (TPSA) is 83.8 Å². The Morgan fingerprint density at radius 1 is 1.23 bits per heavy atom. The van der Waals surface area contributed by atoms with Crippen molar-refractivity contribution in [1.82, 2.24) is 19.7 Å². The molecule has 0 spiro atoms. The molecule has 0 radical (unpaired) electrons. The van der Waals surface area contributed by atoms with Crippen LogP contribution in [0.25, 0.3) is 22.2 Å². The number of rotatable bonds is 5. The minimum absolute atomic E-state index is 0.0565. The van der Waals surface area contributed by atoms with Gasteiger partial charge in [0.1, 0.15) is 5.65 Å². The second-order valence-electron chi connectivity index (χ2n) is 6.19. The fraction of sp³-hybridized carbons (Fsp3) is 0.158. The molecule has 4 aromatic rings. The van der Waals surface area contributed by atoms with Gasteiger partial charge in [0.05, 0.1) is 18.0 Å². The van der Waals surface area contributed by atoms with Crippen LogP contribution in [0.15, 0.2) is 61.2 Å². The Morgan fingerprint density at radius 2 is 2.04 bits per heavy atom. The van der Waals surface area contributed by atoms with E-state index in [0.717, 1.165) is 33.3 Å². The fourth-order valence-electron chi connectivity index (χ4n) is 3.09. The zero-order chi connectivity index (χ0) is 18.1. The van der Waals surface area contributed by atoms with E-state index in [2.05, 4.69) is 22.0 Å². The summed E-state index contributed by atoms with van der Waals surface area (Å²) in [6, 6.07) is 11.8. The molecule has 0 bridgehead atoms. The lowest BCUT2D eigenvalue weighted by atomic mass is 10.1. The van der Waals surface area contributed by atoms with Crippen LogP contribution in [0.2, 0.25) is 0 Å². The standard InChI is InChI=1S/C19H18N4O2S/c1-13(15-4-2-14(3-5-15)12-26(24)25)23-11-16(10-22-23)17-6-8-20-19-18(17)7-9-21-19/h2-11,13H,12H2,1H3,(H,20,21)(H,24,25). The molecule has 0 aliphatic heterocycles. The van der Waals surface area contributed by atoms with Crippen LogP contribution in [0.5, 0.6) is 0 Å². The van der Waals surface area contributed by atoms with Crippen LogP contribution in [0.1, 0.15) is 24.1 Å². The Kier molecular flexibility index (Phi) is 4.40. The van der Waals surface area contributed by atoms with E-state index >= 15 is 0 Å². The minimum atomic E-state index is -1.82. The summed E-state index contributed by atoms with van der Waals surface area (Å²) in [7, 11) is 0. The first-order valence-electron chi connectivity index (χ1n) is 8.25. The maximum absolute atomic E-state index is 10.9. The monoisotopic (exact) mass is 366 g/mol. The summed E-state index contributed by atoms with van der Waals surface area (Å²) in [4.78, 5) is 7.45. The molecule has 2 unspecified atom stereocenters. The number of hydrogen-bond donors (Lipinski definition) is 2. The summed E-state index contributed by atoms with van der Waals surface area (Å²) in [6.07, 6.45) is 7.57. The van der Waals surface area contributed by atoms with E-state index in [0.29, 0.717) is 0 Å². The van der Waals surface area contributed by atoms with Crippen molar-refractivity contribution >= 4 is 22.1 Å². The van der Waals surface area contributed by atoms with Crippen molar-refractivity contribution in [1.29, 1.82) is 0 Å². The maximum Gasteiger partial charge on any atom is 0.157 e. The molecule has 26 heavy (non-hydrogen) atoms. The molecule has 132 valence electrons. The molecule has 0 fully saturated rings.